The summed E-state index contributed by atoms with van der Waals surface area (Å²) in [4.78, 5) is 15.1. The van der Waals surface area contributed by atoms with Crippen LogP contribution in [0.4, 0.5) is 0 Å². The minimum atomic E-state index is -0.240. The van der Waals surface area contributed by atoms with Crippen LogP contribution in [0.2, 0.25) is 0 Å². The molecule has 0 spiro atoms. The minimum absolute atomic E-state index is 0.0756. The molecule has 2 unspecified atom stereocenters. The number of fused-ring (bicyclic) bond motifs is 8. The van der Waals surface area contributed by atoms with E-state index in [0.717, 1.165) is 62.0 Å². The quantitative estimate of drug-likeness (QED) is 0.222. The molecule has 3 aromatic carbocycles. The molecule has 5 aromatic rings. The van der Waals surface area contributed by atoms with Gasteiger partial charge in [-0.25, -0.2) is 4.98 Å². The number of hydrogen-bond acceptors (Lipinski definition) is 5. The minimum Gasteiger partial charge on any atom is -0.437 e. The van der Waals surface area contributed by atoms with Gasteiger partial charge in [-0.2, -0.15) is 5.26 Å². The van der Waals surface area contributed by atoms with Crippen LogP contribution in [0.1, 0.15) is 51.3 Å². The van der Waals surface area contributed by atoms with Crippen molar-refractivity contribution in [1.29, 1.82) is 5.26 Å². The summed E-state index contributed by atoms with van der Waals surface area (Å²) in [7, 11) is 0. The SMILES string of the molecule is C=CC1=NC2C(=C)N=C(C=C)c3c(cc(C#N)c4c3oc3nc(-c5c(C)cccc5C)ccc34)CCC2c2ccccc21. The molecule has 2 aliphatic heterocycles. The molecular weight excluding hydrogens is 528 g/mol. The van der Waals surface area contributed by atoms with Crippen molar-refractivity contribution in [3.05, 3.63) is 137 Å². The van der Waals surface area contributed by atoms with Crippen molar-refractivity contribution in [2.45, 2.75) is 38.6 Å². The van der Waals surface area contributed by atoms with Crippen molar-refractivity contribution >= 4 is 33.5 Å². The van der Waals surface area contributed by atoms with Gasteiger partial charge >= 0.3 is 0 Å². The van der Waals surface area contributed by atoms with E-state index in [0.29, 0.717) is 34.7 Å². The van der Waals surface area contributed by atoms with E-state index in [1.165, 1.54) is 5.56 Å². The molecule has 7 rings (SSSR count). The van der Waals surface area contributed by atoms with Crippen molar-refractivity contribution in [1.82, 2.24) is 4.98 Å². The lowest BCUT2D eigenvalue weighted by Gasteiger charge is -2.31. The zero-order valence-corrected chi connectivity index (χ0v) is 24.3. The Kier molecular flexibility index (Phi) is 6.29. The lowest BCUT2D eigenvalue weighted by Crippen LogP contribution is -2.27. The molecule has 0 fully saturated rings. The molecule has 0 amide bonds. The molecule has 0 aliphatic carbocycles. The molecule has 5 heteroatoms. The fourth-order valence-electron chi connectivity index (χ4n) is 6.86. The normalized spacial score (nSPS) is 17.8. The lowest BCUT2D eigenvalue weighted by atomic mass is 9.79. The van der Waals surface area contributed by atoms with Gasteiger partial charge in [-0.15, -0.1) is 0 Å². The average Bonchev–Trinajstić information content (AvgIpc) is 3.42. The maximum atomic E-state index is 10.3. The first-order chi connectivity index (χ1) is 20.9. The van der Waals surface area contributed by atoms with Crippen molar-refractivity contribution in [3.63, 3.8) is 0 Å². The van der Waals surface area contributed by atoms with Crippen molar-refractivity contribution in [3.8, 4) is 17.3 Å². The van der Waals surface area contributed by atoms with E-state index in [1.54, 1.807) is 12.2 Å². The van der Waals surface area contributed by atoms with E-state index in [2.05, 4.69) is 76.1 Å². The summed E-state index contributed by atoms with van der Waals surface area (Å²) in [5.41, 5.74) is 12.1. The Bertz CT molecular complexity index is 2120. The number of furan rings is 1. The van der Waals surface area contributed by atoms with E-state index >= 15 is 0 Å². The van der Waals surface area contributed by atoms with Crippen molar-refractivity contribution < 1.29 is 4.42 Å². The first-order valence-corrected chi connectivity index (χ1v) is 14.5. The van der Waals surface area contributed by atoms with E-state index in [4.69, 9.17) is 19.4 Å². The third-order valence-electron chi connectivity index (χ3n) is 8.82. The predicted octanol–water partition coefficient (Wildman–Crippen LogP) is 8.71. The van der Waals surface area contributed by atoms with Crippen LogP contribution in [0.5, 0.6) is 0 Å². The van der Waals surface area contributed by atoms with Gasteiger partial charge in [0.15, 0.2) is 0 Å². The Labute approximate surface area is 250 Å². The molecule has 0 saturated heterocycles. The highest BCUT2D eigenvalue weighted by Gasteiger charge is 2.34. The average molecular weight is 559 g/mol. The fourth-order valence-corrected chi connectivity index (χ4v) is 6.86. The highest BCUT2D eigenvalue weighted by molar-refractivity contribution is 6.21. The van der Waals surface area contributed by atoms with E-state index in [1.807, 2.05) is 24.3 Å². The van der Waals surface area contributed by atoms with Gasteiger partial charge in [-0.05, 0) is 79.3 Å². The molecule has 208 valence electrons. The molecule has 0 saturated carbocycles. The molecule has 2 aromatic heterocycles. The fraction of sp³-hybridized carbons (Fsp3) is 0.158. The molecule has 2 atom stereocenters. The Morgan fingerprint density at radius 2 is 1.72 bits per heavy atom. The van der Waals surface area contributed by atoms with Crippen molar-refractivity contribution in [2.75, 3.05) is 0 Å². The van der Waals surface area contributed by atoms with Gasteiger partial charge in [0.1, 0.15) is 5.58 Å². The van der Waals surface area contributed by atoms with Gasteiger partial charge in [-0.1, -0.05) is 62.2 Å². The zero-order valence-electron chi connectivity index (χ0n) is 24.3. The molecule has 5 nitrogen and oxygen atoms in total. The number of aryl methyl sites for hydroxylation is 3. The summed E-state index contributed by atoms with van der Waals surface area (Å²) in [6.45, 7) is 16.7. The number of rotatable bonds is 3. The molecule has 43 heavy (non-hydrogen) atoms. The molecule has 0 bridgehead atoms. The van der Waals surface area contributed by atoms with Crippen LogP contribution in [-0.4, -0.2) is 22.4 Å². The van der Waals surface area contributed by atoms with Gasteiger partial charge in [0.2, 0.25) is 5.71 Å². The van der Waals surface area contributed by atoms with Crippen LogP contribution in [-0.2, 0) is 6.42 Å². The molecule has 2 aliphatic rings. The smallest absolute Gasteiger partial charge is 0.227 e. The Balaban J connectivity index is 1.47. The van der Waals surface area contributed by atoms with Gasteiger partial charge in [0.05, 0.1) is 40.5 Å². The molecular formula is C38H30N4O. The van der Waals surface area contributed by atoms with E-state index < -0.39 is 0 Å². The maximum Gasteiger partial charge on any atom is 0.227 e. The second-order valence-electron chi connectivity index (χ2n) is 11.3. The third-order valence-corrected chi connectivity index (χ3v) is 8.82. The zero-order chi connectivity index (χ0) is 29.8. The number of allylic oxidation sites excluding steroid dienone is 2. The maximum absolute atomic E-state index is 10.3. The van der Waals surface area contributed by atoms with Gasteiger partial charge < -0.3 is 4.42 Å². The highest BCUT2D eigenvalue weighted by atomic mass is 16.3. The third kappa shape index (κ3) is 4.10. The summed E-state index contributed by atoms with van der Waals surface area (Å²) >= 11 is 0. The second kappa shape index (κ2) is 10.2. The second-order valence-corrected chi connectivity index (χ2v) is 11.3. The summed E-state index contributed by atoms with van der Waals surface area (Å²) in [6, 6.07) is 22.8. The summed E-state index contributed by atoms with van der Waals surface area (Å²) < 4.78 is 6.59. The first-order valence-electron chi connectivity index (χ1n) is 14.5. The number of pyridine rings is 1. The van der Waals surface area contributed by atoms with Gasteiger partial charge in [-0.3, -0.25) is 9.98 Å². The summed E-state index contributed by atoms with van der Waals surface area (Å²) in [5.74, 6) is 0.0756. The molecule has 0 radical (unpaired) electrons. The Morgan fingerprint density at radius 1 is 0.953 bits per heavy atom. The van der Waals surface area contributed by atoms with Crippen LogP contribution in [0.3, 0.4) is 0 Å². The molecule has 4 heterocycles. The standard InChI is InChI=1S/C38H30N4O/c1-6-30-27-14-9-8-13-26(27)28-16-15-24-19-25(20-39)34-29-17-18-32(33-21(3)11-10-12-22(33)4)42-38(29)43-37(34)35(24)31(7-2)40-23(5)36(28)41-30/h6-14,17-19,28,36H,1-2,5,15-16H2,3-4H3. The number of nitrogens with zero attached hydrogens (tertiary/aromatic N) is 4. The Morgan fingerprint density at radius 3 is 2.47 bits per heavy atom. The van der Waals surface area contributed by atoms with Gasteiger partial charge in [0.25, 0.3) is 0 Å². The number of aliphatic imine (C=N–C) groups is 2. The van der Waals surface area contributed by atoms with Crippen LogP contribution in [0, 0.1) is 25.2 Å². The van der Waals surface area contributed by atoms with E-state index in [9.17, 15) is 5.26 Å². The predicted molar refractivity (Wildman–Crippen MR) is 175 cm³/mol. The van der Waals surface area contributed by atoms with Crippen LogP contribution < -0.4 is 0 Å². The number of aromatic nitrogens is 1. The summed E-state index contributed by atoms with van der Waals surface area (Å²) in [5, 5.41) is 11.9. The van der Waals surface area contributed by atoms with E-state index in [-0.39, 0.29) is 12.0 Å². The topological polar surface area (TPSA) is 74.5 Å². The number of nitriles is 1. The monoisotopic (exact) mass is 558 g/mol. The molecule has 0 N–H and O–H groups in total. The summed E-state index contributed by atoms with van der Waals surface area (Å²) in [6.07, 6.45) is 5.05. The number of hydrogen-bond donors (Lipinski definition) is 0. The first kappa shape index (κ1) is 26.6. The van der Waals surface area contributed by atoms with Crippen LogP contribution in [0.15, 0.2) is 113 Å². The van der Waals surface area contributed by atoms with Crippen LogP contribution >= 0.6 is 0 Å². The van der Waals surface area contributed by atoms with Crippen LogP contribution in [0.25, 0.3) is 33.3 Å². The Hall–Kier alpha value is -5.34. The lowest BCUT2D eigenvalue weighted by molar-refractivity contribution is 0.540. The number of benzene rings is 3. The van der Waals surface area contributed by atoms with Gasteiger partial charge in [0, 0.05) is 33.4 Å². The van der Waals surface area contributed by atoms with Crippen molar-refractivity contribution in [2.24, 2.45) is 9.98 Å². The largest absolute Gasteiger partial charge is 0.437 e. The highest BCUT2D eigenvalue weighted by Crippen LogP contribution is 2.42.